The third-order valence-electron chi connectivity index (χ3n) is 2.90. The van der Waals surface area contributed by atoms with Gasteiger partial charge in [0.1, 0.15) is 10.7 Å². The average Bonchev–Trinajstić information content (AvgIpc) is 2.93. The van der Waals surface area contributed by atoms with Gasteiger partial charge in [0.15, 0.2) is 0 Å². The van der Waals surface area contributed by atoms with Crippen LogP contribution in [0.4, 0.5) is 4.39 Å². The van der Waals surface area contributed by atoms with Gasteiger partial charge in [-0.25, -0.2) is 12.8 Å². The smallest absolute Gasteiger partial charge is 0.207 e. The number of thiophene rings is 1. The molecular formula is C13H12BrClFNO2S2. The average molecular weight is 413 g/mol. The van der Waals surface area contributed by atoms with Gasteiger partial charge in [-0.1, -0.05) is 15.9 Å². The van der Waals surface area contributed by atoms with Crippen molar-refractivity contribution < 1.29 is 12.8 Å². The van der Waals surface area contributed by atoms with E-state index in [1.165, 1.54) is 30.5 Å². The third kappa shape index (κ3) is 3.65. The molecule has 0 amide bonds. The number of rotatable bonds is 5. The number of benzene rings is 1. The van der Waals surface area contributed by atoms with Gasteiger partial charge in [-0.2, -0.15) is 15.6 Å². The van der Waals surface area contributed by atoms with Crippen molar-refractivity contribution in [3.63, 3.8) is 0 Å². The van der Waals surface area contributed by atoms with Crippen LogP contribution in [0.3, 0.4) is 0 Å². The molecule has 0 radical (unpaired) electrons. The summed E-state index contributed by atoms with van der Waals surface area (Å²) >= 11 is 10.3. The fraction of sp³-hybridized carbons (Fsp3) is 0.231. The molecular weight excluding hydrogens is 401 g/mol. The predicted octanol–water partition coefficient (Wildman–Crippen LogP) is 4.21. The second kappa shape index (κ2) is 6.75. The Bertz CT molecular complexity index is 735. The fourth-order valence-electron chi connectivity index (χ4n) is 1.80. The van der Waals surface area contributed by atoms with E-state index in [1.54, 1.807) is 0 Å². The zero-order chi connectivity index (χ0) is 15.6. The van der Waals surface area contributed by atoms with Crippen LogP contribution < -0.4 is 0 Å². The normalized spacial score (nSPS) is 12.0. The maximum absolute atomic E-state index is 14.3. The molecule has 114 valence electrons. The van der Waals surface area contributed by atoms with Gasteiger partial charge in [0, 0.05) is 23.6 Å². The van der Waals surface area contributed by atoms with Crippen LogP contribution in [0.1, 0.15) is 11.1 Å². The highest BCUT2D eigenvalue weighted by Crippen LogP contribution is 2.27. The van der Waals surface area contributed by atoms with E-state index in [1.807, 2.05) is 16.8 Å². The van der Waals surface area contributed by atoms with Crippen LogP contribution in [-0.2, 0) is 22.4 Å². The first kappa shape index (κ1) is 16.9. The first-order valence-electron chi connectivity index (χ1n) is 5.87. The second-order valence-electron chi connectivity index (χ2n) is 4.40. The topological polar surface area (TPSA) is 37.4 Å². The maximum Gasteiger partial charge on any atom is 0.246 e. The summed E-state index contributed by atoms with van der Waals surface area (Å²) in [6.07, 6.45) is 0. The molecule has 8 heteroatoms. The first-order chi connectivity index (χ1) is 9.86. The molecule has 0 saturated heterocycles. The molecule has 21 heavy (non-hydrogen) atoms. The minimum Gasteiger partial charge on any atom is -0.207 e. The summed E-state index contributed by atoms with van der Waals surface area (Å²) in [6.45, 7) is 0.188. The zero-order valence-corrected chi connectivity index (χ0v) is 15.0. The number of halogens is 3. The Kier molecular flexibility index (Phi) is 5.43. The number of hydrogen-bond acceptors (Lipinski definition) is 3. The standard InChI is InChI=1S/C13H12BrClFNO2S2/c1-17(7-9-2-3-20-8-9)21(18,19)12-5-11(14)4-10(6-15)13(12)16/h2-5,8H,6-7H2,1H3. The van der Waals surface area contributed by atoms with Crippen LogP contribution in [0.5, 0.6) is 0 Å². The molecule has 1 heterocycles. The molecule has 0 fully saturated rings. The van der Waals surface area contributed by atoms with Crippen molar-refractivity contribution in [1.82, 2.24) is 4.31 Å². The molecule has 3 nitrogen and oxygen atoms in total. The number of sulfonamides is 1. The van der Waals surface area contributed by atoms with E-state index in [0.29, 0.717) is 4.47 Å². The quantitative estimate of drug-likeness (QED) is 0.690. The fourth-order valence-corrected chi connectivity index (χ4v) is 4.60. The molecule has 0 atom stereocenters. The van der Waals surface area contributed by atoms with Crippen LogP contribution in [0, 0.1) is 5.82 Å². The summed E-state index contributed by atoms with van der Waals surface area (Å²) in [4.78, 5) is -0.370. The van der Waals surface area contributed by atoms with Crippen LogP contribution >= 0.6 is 38.9 Å². The van der Waals surface area contributed by atoms with Crippen molar-refractivity contribution in [3.8, 4) is 0 Å². The lowest BCUT2D eigenvalue weighted by molar-refractivity contribution is 0.459. The van der Waals surface area contributed by atoms with Gasteiger partial charge in [-0.05, 0) is 34.5 Å². The van der Waals surface area contributed by atoms with Gasteiger partial charge in [-0.3, -0.25) is 0 Å². The van der Waals surface area contributed by atoms with Crippen molar-refractivity contribution >= 4 is 48.9 Å². The number of alkyl halides is 1. The Balaban J connectivity index is 2.41. The van der Waals surface area contributed by atoms with Crippen LogP contribution in [0.25, 0.3) is 0 Å². The summed E-state index contributed by atoms with van der Waals surface area (Å²) in [5, 5.41) is 3.72. The van der Waals surface area contributed by atoms with Crippen molar-refractivity contribution in [2.75, 3.05) is 7.05 Å². The van der Waals surface area contributed by atoms with E-state index < -0.39 is 15.8 Å². The van der Waals surface area contributed by atoms with Gasteiger partial charge in [0.05, 0.1) is 5.88 Å². The highest BCUT2D eigenvalue weighted by atomic mass is 79.9. The Labute approximate surface area is 140 Å². The Morgan fingerprint density at radius 3 is 2.71 bits per heavy atom. The third-order valence-corrected chi connectivity index (χ3v) is 6.18. The van der Waals surface area contributed by atoms with Crippen LogP contribution in [0.15, 0.2) is 38.3 Å². The molecule has 0 N–H and O–H groups in total. The summed E-state index contributed by atoms with van der Waals surface area (Å²) in [6, 6.07) is 4.56. The molecule has 2 aromatic rings. The van der Waals surface area contributed by atoms with Crippen molar-refractivity contribution in [2.24, 2.45) is 0 Å². The maximum atomic E-state index is 14.3. The van der Waals surface area contributed by atoms with E-state index in [-0.39, 0.29) is 22.9 Å². The van der Waals surface area contributed by atoms with Crippen molar-refractivity contribution in [1.29, 1.82) is 0 Å². The molecule has 0 saturated carbocycles. The molecule has 0 aliphatic rings. The summed E-state index contributed by atoms with van der Waals surface area (Å²) < 4.78 is 40.9. The lowest BCUT2D eigenvalue weighted by Crippen LogP contribution is -2.27. The number of nitrogens with zero attached hydrogens (tertiary/aromatic N) is 1. The minimum absolute atomic E-state index is 0.0952. The SMILES string of the molecule is CN(Cc1ccsc1)S(=O)(=O)c1cc(Br)cc(CCl)c1F. The van der Waals surface area contributed by atoms with E-state index in [0.717, 1.165) is 9.87 Å². The zero-order valence-electron chi connectivity index (χ0n) is 11.0. The molecule has 1 aromatic carbocycles. The van der Waals surface area contributed by atoms with E-state index in [4.69, 9.17) is 11.6 Å². The highest BCUT2D eigenvalue weighted by Gasteiger charge is 2.26. The molecule has 0 aliphatic carbocycles. The van der Waals surface area contributed by atoms with Crippen molar-refractivity contribution in [2.45, 2.75) is 17.3 Å². The lowest BCUT2D eigenvalue weighted by atomic mass is 10.2. The minimum atomic E-state index is -3.93. The van der Waals surface area contributed by atoms with E-state index in [9.17, 15) is 12.8 Å². The summed E-state index contributed by atoms with van der Waals surface area (Å²) in [5.74, 6) is -0.896. The predicted molar refractivity (Wildman–Crippen MR) is 86.6 cm³/mol. The molecule has 1 aromatic heterocycles. The molecule has 0 unspecified atom stereocenters. The van der Waals surface area contributed by atoms with E-state index >= 15 is 0 Å². The summed E-state index contributed by atoms with van der Waals surface area (Å²) in [5.41, 5.74) is 1.01. The Morgan fingerprint density at radius 2 is 2.14 bits per heavy atom. The molecule has 0 bridgehead atoms. The molecule has 0 aliphatic heterocycles. The van der Waals surface area contributed by atoms with Gasteiger partial charge in [0.2, 0.25) is 10.0 Å². The van der Waals surface area contributed by atoms with Gasteiger partial charge < -0.3 is 0 Å². The molecule has 2 rings (SSSR count). The Hall–Kier alpha value is -0.470. The largest absolute Gasteiger partial charge is 0.246 e. The van der Waals surface area contributed by atoms with E-state index in [2.05, 4.69) is 15.9 Å². The first-order valence-corrected chi connectivity index (χ1v) is 9.58. The number of hydrogen-bond donors (Lipinski definition) is 0. The van der Waals surface area contributed by atoms with Gasteiger partial charge >= 0.3 is 0 Å². The van der Waals surface area contributed by atoms with Crippen LogP contribution in [0.2, 0.25) is 0 Å². The van der Waals surface area contributed by atoms with Gasteiger partial charge in [-0.15, -0.1) is 11.6 Å². The van der Waals surface area contributed by atoms with Crippen LogP contribution in [-0.4, -0.2) is 19.8 Å². The monoisotopic (exact) mass is 411 g/mol. The van der Waals surface area contributed by atoms with Gasteiger partial charge in [0.25, 0.3) is 0 Å². The lowest BCUT2D eigenvalue weighted by Gasteiger charge is -2.18. The summed E-state index contributed by atoms with van der Waals surface area (Å²) in [7, 11) is -2.50. The second-order valence-corrected chi connectivity index (χ2v) is 8.38. The van der Waals surface area contributed by atoms with Crippen molar-refractivity contribution in [3.05, 3.63) is 50.4 Å². The molecule has 0 spiro atoms. The Morgan fingerprint density at radius 1 is 1.43 bits per heavy atom. The highest BCUT2D eigenvalue weighted by molar-refractivity contribution is 9.10.